The minimum atomic E-state index is -0.420. The van der Waals surface area contributed by atoms with E-state index in [1.165, 1.54) is 4.68 Å². The topological polar surface area (TPSA) is 106 Å². The summed E-state index contributed by atoms with van der Waals surface area (Å²) in [6.07, 6.45) is 0.0813. The van der Waals surface area contributed by atoms with Gasteiger partial charge in [-0.25, -0.2) is 4.98 Å². The van der Waals surface area contributed by atoms with Gasteiger partial charge in [-0.15, -0.1) is 0 Å². The third-order valence-electron chi connectivity index (χ3n) is 3.11. The maximum Gasteiger partial charge on any atom is 0.307 e. The van der Waals surface area contributed by atoms with Crippen molar-refractivity contribution in [3.63, 3.8) is 0 Å². The Kier molecular flexibility index (Phi) is 4.59. The Labute approximate surface area is 126 Å². The van der Waals surface area contributed by atoms with Crippen LogP contribution in [0.2, 0.25) is 0 Å². The van der Waals surface area contributed by atoms with E-state index >= 15 is 0 Å². The van der Waals surface area contributed by atoms with Crippen LogP contribution in [0, 0.1) is 6.92 Å². The lowest BCUT2D eigenvalue weighted by Crippen LogP contribution is -2.27. The van der Waals surface area contributed by atoms with Gasteiger partial charge in [-0.3, -0.25) is 24.2 Å². The van der Waals surface area contributed by atoms with Crippen LogP contribution in [0.5, 0.6) is 0 Å². The fourth-order valence-electron chi connectivity index (χ4n) is 2.17. The molecule has 0 aliphatic rings. The number of carbonyl (C=O) groups is 2. The smallest absolute Gasteiger partial charge is 0.307 e. The number of pyridine rings is 1. The summed E-state index contributed by atoms with van der Waals surface area (Å²) in [5, 5.41) is 5.43. The van der Waals surface area contributed by atoms with Gasteiger partial charge in [0.05, 0.1) is 24.0 Å². The number of hydrogen-bond donors (Lipinski definition) is 2. The third kappa shape index (κ3) is 3.16. The number of hydrogen-bond acceptors (Lipinski definition) is 5. The van der Waals surface area contributed by atoms with E-state index < -0.39 is 5.91 Å². The second-order valence-corrected chi connectivity index (χ2v) is 4.82. The standard InChI is InChI=1S/C14H18N4O4/c1-4-22-10(19)5-6-15-13(20)9-7-8(2)16-12-11(9)14(21)17-18(12)3/h7H,4-6H2,1-3H3,(H,15,20)(H,17,21). The van der Waals surface area contributed by atoms with Gasteiger partial charge < -0.3 is 10.1 Å². The summed E-state index contributed by atoms with van der Waals surface area (Å²) >= 11 is 0. The first-order valence-electron chi connectivity index (χ1n) is 6.94. The molecule has 2 N–H and O–H groups in total. The van der Waals surface area contributed by atoms with E-state index in [9.17, 15) is 14.4 Å². The van der Waals surface area contributed by atoms with Gasteiger partial charge in [0.2, 0.25) is 0 Å². The number of aromatic nitrogens is 3. The molecule has 0 unspecified atom stereocenters. The van der Waals surface area contributed by atoms with E-state index in [4.69, 9.17) is 4.74 Å². The number of carbonyl (C=O) groups excluding carboxylic acids is 2. The molecule has 0 atom stereocenters. The van der Waals surface area contributed by atoms with Crippen LogP contribution in [0.15, 0.2) is 10.9 Å². The van der Waals surface area contributed by atoms with Crippen molar-refractivity contribution in [3.05, 3.63) is 27.7 Å². The highest BCUT2D eigenvalue weighted by molar-refractivity contribution is 6.05. The van der Waals surface area contributed by atoms with Crippen molar-refractivity contribution in [2.24, 2.45) is 7.05 Å². The van der Waals surface area contributed by atoms with Crippen molar-refractivity contribution in [2.75, 3.05) is 13.2 Å². The lowest BCUT2D eigenvalue weighted by Gasteiger charge is -2.07. The largest absolute Gasteiger partial charge is 0.466 e. The molecule has 0 bridgehead atoms. The van der Waals surface area contributed by atoms with Crippen molar-refractivity contribution in [1.82, 2.24) is 20.1 Å². The molecule has 2 aromatic rings. The average Bonchev–Trinajstić information content (AvgIpc) is 2.73. The molecule has 0 saturated heterocycles. The number of nitrogens with zero attached hydrogens (tertiary/aromatic N) is 2. The van der Waals surface area contributed by atoms with Gasteiger partial charge in [-0.1, -0.05) is 0 Å². The first kappa shape index (κ1) is 15.7. The van der Waals surface area contributed by atoms with Gasteiger partial charge in [0.15, 0.2) is 5.65 Å². The molecule has 1 amide bonds. The Morgan fingerprint density at radius 2 is 2.18 bits per heavy atom. The van der Waals surface area contributed by atoms with Crippen LogP contribution in [0.25, 0.3) is 11.0 Å². The van der Waals surface area contributed by atoms with Gasteiger partial charge >= 0.3 is 5.97 Å². The summed E-state index contributed by atoms with van der Waals surface area (Å²) < 4.78 is 6.25. The lowest BCUT2D eigenvalue weighted by molar-refractivity contribution is -0.142. The molecule has 0 spiro atoms. The molecule has 0 radical (unpaired) electrons. The monoisotopic (exact) mass is 306 g/mol. The van der Waals surface area contributed by atoms with Crippen LogP contribution in [0.1, 0.15) is 29.4 Å². The van der Waals surface area contributed by atoms with Gasteiger partial charge in [-0.2, -0.15) is 0 Å². The zero-order valence-corrected chi connectivity index (χ0v) is 12.7. The number of aryl methyl sites for hydroxylation is 2. The number of nitrogens with one attached hydrogen (secondary N) is 2. The fourth-order valence-corrected chi connectivity index (χ4v) is 2.17. The predicted molar refractivity (Wildman–Crippen MR) is 79.7 cm³/mol. The molecule has 118 valence electrons. The Morgan fingerprint density at radius 3 is 2.86 bits per heavy atom. The number of H-pyrrole nitrogens is 1. The Hall–Kier alpha value is -2.64. The summed E-state index contributed by atoms with van der Waals surface area (Å²) in [4.78, 5) is 39.7. The molecule has 0 saturated carbocycles. The fraction of sp³-hybridized carbons (Fsp3) is 0.429. The molecular weight excluding hydrogens is 288 g/mol. The van der Waals surface area contributed by atoms with Gasteiger partial charge in [0, 0.05) is 19.3 Å². The molecule has 0 aromatic carbocycles. The first-order valence-corrected chi connectivity index (χ1v) is 6.94. The maximum absolute atomic E-state index is 12.3. The zero-order chi connectivity index (χ0) is 16.3. The SMILES string of the molecule is CCOC(=O)CCNC(=O)c1cc(C)nc2c1c(=O)[nH]n2C. The summed E-state index contributed by atoms with van der Waals surface area (Å²) in [6.45, 7) is 3.91. The van der Waals surface area contributed by atoms with E-state index in [1.807, 2.05) is 0 Å². The summed E-state index contributed by atoms with van der Waals surface area (Å²) in [5.41, 5.74) is 0.909. The minimum absolute atomic E-state index is 0.0813. The van der Waals surface area contributed by atoms with Crippen LogP contribution in [-0.4, -0.2) is 39.8 Å². The summed E-state index contributed by atoms with van der Waals surface area (Å²) in [6, 6.07) is 1.55. The number of fused-ring (bicyclic) bond motifs is 1. The molecule has 2 rings (SSSR count). The highest BCUT2D eigenvalue weighted by Gasteiger charge is 2.17. The molecule has 2 aromatic heterocycles. The molecule has 8 nitrogen and oxygen atoms in total. The number of aromatic amines is 1. The highest BCUT2D eigenvalue weighted by Crippen LogP contribution is 2.14. The Morgan fingerprint density at radius 1 is 1.45 bits per heavy atom. The third-order valence-corrected chi connectivity index (χ3v) is 3.11. The van der Waals surface area contributed by atoms with Gasteiger partial charge in [0.1, 0.15) is 0 Å². The van der Waals surface area contributed by atoms with Crippen molar-refractivity contribution in [1.29, 1.82) is 0 Å². The van der Waals surface area contributed by atoms with E-state index in [1.54, 1.807) is 27.0 Å². The summed E-state index contributed by atoms with van der Waals surface area (Å²) in [5.74, 6) is -0.798. The lowest BCUT2D eigenvalue weighted by atomic mass is 10.1. The molecule has 22 heavy (non-hydrogen) atoms. The molecule has 2 heterocycles. The van der Waals surface area contributed by atoms with Crippen molar-refractivity contribution in [3.8, 4) is 0 Å². The van der Waals surface area contributed by atoms with Crippen LogP contribution < -0.4 is 10.9 Å². The van der Waals surface area contributed by atoms with Crippen molar-refractivity contribution < 1.29 is 14.3 Å². The number of ether oxygens (including phenoxy) is 1. The Bertz CT molecular complexity index is 775. The van der Waals surface area contributed by atoms with Gasteiger partial charge in [-0.05, 0) is 19.9 Å². The highest BCUT2D eigenvalue weighted by atomic mass is 16.5. The maximum atomic E-state index is 12.3. The van der Waals surface area contributed by atoms with E-state index in [0.29, 0.717) is 17.9 Å². The molecular formula is C14H18N4O4. The van der Waals surface area contributed by atoms with Crippen molar-refractivity contribution in [2.45, 2.75) is 20.3 Å². The second kappa shape index (κ2) is 6.42. The number of rotatable bonds is 5. The quantitative estimate of drug-likeness (QED) is 0.770. The molecule has 8 heteroatoms. The van der Waals surface area contributed by atoms with Gasteiger partial charge in [0.25, 0.3) is 11.5 Å². The summed E-state index contributed by atoms with van der Waals surface area (Å²) in [7, 11) is 1.65. The normalized spacial score (nSPS) is 10.7. The molecule has 0 fully saturated rings. The van der Waals surface area contributed by atoms with Crippen LogP contribution in [0.3, 0.4) is 0 Å². The molecule has 0 aliphatic carbocycles. The van der Waals surface area contributed by atoms with Crippen LogP contribution in [-0.2, 0) is 16.6 Å². The van der Waals surface area contributed by atoms with Crippen LogP contribution in [0.4, 0.5) is 0 Å². The Balaban J connectivity index is 2.21. The van der Waals surface area contributed by atoms with E-state index in [2.05, 4.69) is 15.4 Å². The minimum Gasteiger partial charge on any atom is -0.466 e. The zero-order valence-electron chi connectivity index (χ0n) is 12.7. The van der Waals surface area contributed by atoms with E-state index in [0.717, 1.165) is 0 Å². The average molecular weight is 306 g/mol. The first-order chi connectivity index (χ1) is 10.4. The molecule has 0 aliphatic heterocycles. The number of esters is 1. The predicted octanol–water partition coefficient (Wildman–Crippen LogP) is 0.253. The van der Waals surface area contributed by atoms with Crippen LogP contribution >= 0.6 is 0 Å². The van der Waals surface area contributed by atoms with E-state index in [-0.39, 0.29) is 35.4 Å². The number of amides is 1. The van der Waals surface area contributed by atoms with Crippen molar-refractivity contribution >= 4 is 22.9 Å². The second-order valence-electron chi connectivity index (χ2n) is 4.82.